The highest BCUT2D eigenvalue weighted by atomic mass is 16.4. The van der Waals surface area contributed by atoms with E-state index in [4.69, 9.17) is 10.8 Å². The number of rotatable bonds is 6. The summed E-state index contributed by atoms with van der Waals surface area (Å²) in [6.07, 6.45) is 1.54. The molecule has 0 aliphatic heterocycles. The van der Waals surface area contributed by atoms with Crippen LogP contribution in [-0.4, -0.2) is 28.2 Å². The maximum absolute atomic E-state index is 11.3. The van der Waals surface area contributed by atoms with Crippen molar-refractivity contribution in [3.05, 3.63) is 42.0 Å². The lowest BCUT2D eigenvalue weighted by Crippen LogP contribution is -2.34. The molecule has 0 saturated heterocycles. The average molecular weight is 263 g/mol. The molecule has 5 heteroatoms. The Labute approximate surface area is 111 Å². The molecule has 0 radical (unpaired) electrons. The van der Waals surface area contributed by atoms with E-state index in [0.29, 0.717) is 5.57 Å². The third kappa shape index (κ3) is 3.93. The van der Waals surface area contributed by atoms with Gasteiger partial charge in [0.05, 0.1) is 5.92 Å². The number of nitrogens with two attached hydrogens (primary N) is 1. The van der Waals surface area contributed by atoms with Gasteiger partial charge in [-0.2, -0.15) is 0 Å². The van der Waals surface area contributed by atoms with Crippen molar-refractivity contribution in [3.8, 4) is 0 Å². The van der Waals surface area contributed by atoms with Crippen LogP contribution in [0, 0.1) is 5.92 Å². The Kier molecular flexibility index (Phi) is 5.26. The van der Waals surface area contributed by atoms with Crippen LogP contribution in [0.2, 0.25) is 0 Å². The van der Waals surface area contributed by atoms with Gasteiger partial charge in [-0.05, 0) is 24.5 Å². The average Bonchev–Trinajstić information content (AvgIpc) is 2.39. The van der Waals surface area contributed by atoms with Gasteiger partial charge in [0.2, 0.25) is 0 Å². The monoisotopic (exact) mass is 263 g/mol. The number of hydrogen-bond acceptors (Lipinski definition) is 3. The number of carboxylic acid groups (broad SMARTS) is 2. The Balaban J connectivity index is 3.04. The van der Waals surface area contributed by atoms with E-state index >= 15 is 0 Å². The molecule has 1 rings (SSSR count). The van der Waals surface area contributed by atoms with Crippen LogP contribution in [0.1, 0.15) is 18.9 Å². The van der Waals surface area contributed by atoms with E-state index in [1.807, 2.05) is 6.07 Å². The van der Waals surface area contributed by atoms with Gasteiger partial charge in [0.1, 0.15) is 6.04 Å². The number of allylic oxidation sites excluding steroid dienone is 1. The van der Waals surface area contributed by atoms with Crippen molar-refractivity contribution in [2.45, 2.75) is 19.4 Å². The quantitative estimate of drug-likeness (QED) is 0.723. The Hall–Kier alpha value is -2.14. The van der Waals surface area contributed by atoms with Gasteiger partial charge in [0.15, 0.2) is 0 Å². The molecule has 0 aromatic heterocycles. The highest BCUT2D eigenvalue weighted by Crippen LogP contribution is 2.27. The Morgan fingerprint density at radius 3 is 2.21 bits per heavy atom. The summed E-state index contributed by atoms with van der Waals surface area (Å²) in [7, 11) is 0. The maximum atomic E-state index is 11.3. The van der Waals surface area contributed by atoms with Crippen LogP contribution in [0.25, 0.3) is 5.57 Å². The van der Waals surface area contributed by atoms with Crippen molar-refractivity contribution in [1.29, 1.82) is 0 Å². The molecule has 102 valence electrons. The van der Waals surface area contributed by atoms with E-state index in [2.05, 4.69) is 0 Å². The number of carboxylic acids is 2. The Morgan fingerprint density at radius 1 is 1.21 bits per heavy atom. The lowest BCUT2D eigenvalue weighted by Gasteiger charge is -2.18. The van der Waals surface area contributed by atoms with Crippen LogP contribution >= 0.6 is 0 Å². The second-order valence-electron chi connectivity index (χ2n) is 4.18. The predicted molar refractivity (Wildman–Crippen MR) is 71.4 cm³/mol. The Morgan fingerprint density at radius 2 is 1.79 bits per heavy atom. The fourth-order valence-electron chi connectivity index (χ4n) is 1.92. The lowest BCUT2D eigenvalue weighted by molar-refractivity contribution is -0.141. The molecule has 19 heavy (non-hydrogen) atoms. The van der Waals surface area contributed by atoms with Crippen LogP contribution in [-0.2, 0) is 9.59 Å². The van der Waals surface area contributed by atoms with Gasteiger partial charge in [-0.15, -0.1) is 0 Å². The molecule has 0 aliphatic carbocycles. The summed E-state index contributed by atoms with van der Waals surface area (Å²) in [6, 6.07) is 7.81. The summed E-state index contributed by atoms with van der Waals surface area (Å²) in [5, 5.41) is 18.1. The largest absolute Gasteiger partial charge is 0.481 e. The third-order valence-electron chi connectivity index (χ3n) is 2.90. The second kappa shape index (κ2) is 6.70. The minimum atomic E-state index is -1.20. The zero-order valence-electron chi connectivity index (χ0n) is 10.6. The normalized spacial score (nSPS) is 14.7. The van der Waals surface area contributed by atoms with Gasteiger partial charge in [-0.1, -0.05) is 36.4 Å². The number of benzene rings is 1. The minimum Gasteiger partial charge on any atom is -0.481 e. The first-order chi connectivity index (χ1) is 8.97. The molecule has 5 nitrogen and oxygen atoms in total. The van der Waals surface area contributed by atoms with Crippen molar-refractivity contribution in [1.82, 2.24) is 0 Å². The second-order valence-corrected chi connectivity index (χ2v) is 4.18. The van der Waals surface area contributed by atoms with Gasteiger partial charge in [-0.25, -0.2) is 0 Å². The van der Waals surface area contributed by atoms with E-state index in [9.17, 15) is 14.7 Å². The molecule has 0 spiro atoms. The zero-order valence-corrected chi connectivity index (χ0v) is 10.6. The van der Waals surface area contributed by atoms with Gasteiger partial charge < -0.3 is 15.9 Å². The summed E-state index contributed by atoms with van der Waals surface area (Å²) in [6.45, 7) is 1.73. The topological polar surface area (TPSA) is 101 Å². The number of hydrogen-bond donors (Lipinski definition) is 3. The van der Waals surface area contributed by atoms with Gasteiger partial charge in [-0.3, -0.25) is 9.59 Å². The number of aliphatic carboxylic acids is 2. The minimum absolute atomic E-state index is 0.140. The molecular formula is C14H17NO4. The highest BCUT2D eigenvalue weighted by molar-refractivity contribution is 5.88. The predicted octanol–water partition coefficient (Wildman–Crippen LogP) is 1.59. The van der Waals surface area contributed by atoms with Crippen LogP contribution in [0.4, 0.5) is 0 Å². The van der Waals surface area contributed by atoms with E-state index in [1.54, 1.807) is 37.3 Å². The van der Waals surface area contributed by atoms with Crippen LogP contribution in [0.15, 0.2) is 36.4 Å². The summed E-state index contributed by atoms with van der Waals surface area (Å²) in [4.78, 5) is 22.1. The molecule has 0 amide bonds. The molecular weight excluding hydrogens is 246 g/mol. The van der Waals surface area contributed by atoms with Gasteiger partial charge in [0, 0.05) is 0 Å². The van der Waals surface area contributed by atoms with Gasteiger partial charge >= 0.3 is 11.9 Å². The fourth-order valence-corrected chi connectivity index (χ4v) is 1.92. The van der Waals surface area contributed by atoms with E-state index in [0.717, 1.165) is 5.56 Å². The smallest absolute Gasteiger partial charge is 0.320 e. The lowest BCUT2D eigenvalue weighted by atomic mass is 9.87. The summed E-state index contributed by atoms with van der Waals surface area (Å²) in [5.74, 6) is -3.21. The van der Waals surface area contributed by atoms with Crippen LogP contribution in [0.3, 0.4) is 0 Å². The third-order valence-corrected chi connectivity index (χ3v) is 2.90. The summed E-state index contributed by atoms with van der Waals surface area (Å²) in [5.41, 5.74) is 6.77. The molecule has 0 aliphatic rings. The molecule has 0 fully saturated rings. The number of carbonyl (C=O) groups is 2. The molecule has 1 aromatic rings. The first kappa shape index (κ1) is 14.9. The molecule has 1 aromatic carbocycles. The highest BCUT2D eigenvalue weighted by Gasteiger charge is 2.27. The van der Waals surface area contributed by atoms with Crippen LogP contribution in [0.5, 0.6) is 0 Å². The molecule has 2 unspecified atom stereocenters. The van der Waals surface area contributed by atoms with Crippen molar-refractivity contribution in [2.24, 2.45) is 11.7 Å². The van der Waals surface area contributed by atoms with E-state index in [-0.39, 0.29) is 6.42 Å². The Bertz CT molecular complexity index is 481. The van der Waals surface area contributed by atoms with E-state index < -0.39 is 23.9 Å². The first-order valence-electron chi connectivity index (χ1n) is 5.90. The van der Waals surface area contributed by atoms with Crippen molar-refractivity contribution in [3.63, 3.8) is 0 Å². The zero-order chi connectivity index (χ0) is 14.4. The fraction of sp³-hybridized carbons (Fsp3) is 0.286. The SMILES string of the molecule is C/C=C(\c1ccccc1)C(CC(N)C(=O)O)C(=O)O. The van der Waals surface area contributed by atoms with E-state index in [1.165, 1.54) is 0 Å². The maximum Gasteiger partial charge on any atom is 0.320 e. The molecule has 0 bridgehead atoms. The summed E-state index contributed by atoms with van der Waals surface area (Å²) < 4.78 is 0. The van der Waals surface area contributed by atoms with Crippen molar-refractivity contribution in [2.75, 3.05) is 0 Å². The van der Waals surface area contributed by atoms with Crippen LogP contribution < -0.4 is 5.73 Å². The summed E-state index contributed by atoms with van der Waals surface area (Å²) >= 11 is 0. The molecule has 0 heterocycles. The first-order valence-corrected chi connectivity index (χ1v) is 5.90. The van der Waals surface area contributed by atoms with Gasteiger partial charge in [0.25, 0.3) is 0 Å². The molecule has 4 N–H and O–H groups in total. The van der Waals surface area contributed by atoms with Crippen molar-refractivity contribution < 1.29 is 19.8 Å². The molecule has 2 atom stereocenters. The van der Waals surface area contributed by atoms with Crippen molar-refractivity contribution >= 4 is 17.5 Å². The standard InChI is InChI=1S/C14H17NO4/c1-2-10(9-6-4-3-5-7-9)11(13(16)17)8-12(15)14(18)19/h2-7,11-12H,8,15H2,1H3,(H,16,17)(H,18,19)/b10-2+. The molecule has 0 saturated carbocycles.